The van der Waals surface area contributed by atoms with E-state index in [4.69, 9.17) is 21.5 Å². The first-order valence-corrected chi connectivity index (χ1v) is 28.7. The molecular formula is C78H45N9. The van der Waals surface area contributed by atoms with Crippen LogP contribution in [0.4, 0.5) is 5.69 Å². The summed E-state index contributed by atoms with van der Waals surface area (Å²) in [5.41, 5.74) is 17.1. The van der Waals surface area contributed by atoms with E-state index in [0.29, 0.717) is 28.6 Å². The van der Waals surface area contributed by atoms with Gasteiger partial charge in [0.15, 0.2) is 23.2 Å². The molecule has 16 rings (SSSR count). The summed E-state index contributed by atoms with van der Waals surface area (Å²) in [6.07, 6.45) is 0. The van der Waals surface area contributed by atoms with E-state index in [2.05, 4.69) is 225 Å². The molecule has 16 aromatic rings. The Morgan fingerprint density at radius 3 is 1.16 bits per heavy atom. The Bertz CT molecular complexity index is 5250. The molecule has 0 aliphatic heterocycles. The molecule has 0 amide bonds. The molecule has 4 heterocycles. The molecule has 0 fully saturated rings. The summed E-state index contributed by atoms with van der Waals surface area (Å²) < 4.78 is 7.18. The normalized spacial score (nSPS) is 11.4. The van der Waals surface area contributed by atoms with Crippen LogP contribution in [-0.4, -0.2) is 28.7 Å². The maximum atomic E-state index is 10.6. The Balaban J connectivity index is 1.09. The van der Waals surface area contributed by atoms with Crippen LogP contribution in [0.5, 0.6) is 0 Å². The van der Waals surface area contributed by atoms with Crippen LogP contribution >= 0.6 is 0 Å². The zero-order chi connectivity index (χ0) is 58.1. The molecule has 0 radical (unpaired) electrons. The van der Waals surface area contributed by atoms with E-state index in [1.54, 1.807) is 12.1 Å². The minimum Gasteiger partial charge on any atom is -0.309 e. The van der Waals surface area contributed by atoms with Gasteiger partial charge in [0.2, 0.25) is 0 Å². The van der Waals surface area contributed by atoms with Gasteiger partial charge in [-0.1, -0.05) is 194 Å². The van der Waals surface area contributed by atoms with Crippen LogP contribution in [0.2, 0.25) is 0 Å². The number of fused-ring (bicyclic) bond motifs is 9. The highest BCUT2D eigenvalue weighted by molar-refractivity contribution is 6.15. The number of rotatable bonds is 9. The lowest BCUT2D eigenvalue weighted by Gasteiger charge is -2.24. The Hall–Kier alpha value is -12.5. The van der Waals surface area contributed by atoms with Crippen molar-refractivity contribution in [3.05, 3.63) is 296 Å². The van der Waals surface area contributed by atoms with Crippen molar-refractivity contribution in [1.82, 2.24) is 28.7 Å². The second-order valence-corrected chi connectivity index (χ2v) is 21.6. The van der Waals surface area contributed by atoms with Crippen molar-refractivity contribution < 1.29 is 0 Å². The standard InChI is InChI=1S/C78H45N9/c1-81-65-43-49(47-79)42-54(48-80)74(65)52-40-41-73-62(44-52)59-30-12-21-39-72(59)87(73)75-63(60-31-13-19-37-70(60)85-66-33-15-8-26-55(66)56-27-9-16-34-67(56)85)45-53(78-83-76(50-22-4-2-5-23-50)82-77(84-78)51-24-6-3-7-25-51)46-64(75)61-32-14-20-38-71(61)86-68-35-17-10-28-57(68)58-29-11-18-36-69(58)86/h2-46H. The second-order valence-electron chi connectivity index (χ2n) is 21.6. The SMILES string of the molecule is [C-]#[N+]c1cc(C#N)cc(C#N)c1-c1ccc2c(c1)c1ccccc1n2-c1c(-c2ccccc2-n2c3ccccc3c3ccccc32)cc(-c2nc(-c3ccccc3)nc(-c3ccccc3)n2)cc1-c1ccccc1-n1c2ccccc2c2ccccc21. The molecule has 9 heteroatoms. The molecule has 12 aromatic carbocycles. The number of aromatic nitrogens is 6. The second kappa shape index (κ2) is 20.4. The van der Waals surface area contributed by atoms with Gasteiger partial charge in [0, 0.05) is 82.4 Å². The first-order valence-electron chi connectivity index (χ1n) is 28.7. The van der Waals surface area contributed by atoms with Gasteiger partial charge in [0.1, 0.15) is 0 Å². The molecule has 4 aromatic heterocycles. The van der Waals surface area contributed by atoms with Crippen LogP contribution in [0.1, 0.15) is 11.1 Å². The molecule has 0 N–H and O–H groups in total. The fourth-order valence-corrected chi connectivity index (χ4v) is 13.1. The van der Waals surface area contributed by atoms with Gasteiger partial charge >= 0.3 is 0 Å². The minimum absolute atomic E-state index is 0.237. The molecule has 0 spiro atoms. The monoisotopic (exact) mass is 1110 g/mol. The van der Waals surface area contributed by atoms with Gasteiger partial charge in [-0.3, -0.25) is 0 Å². The third-order valence-corrected chi connectivity index (χ3v) is 16.8. The van der Waals surface area contributed by atoms with Crippen LogP contribution in [0.15, 0.2) is 273 Å². The fourth-order valence-electron chi connectivity index (χ4n) is 13.1. The lowest BCUT2D eigenvalue weighted by molar-refractivity contribution is 1.07. The van der Waals surface area contributed by atoms with E-state index in [-0.39, 0.29) is 16.8 Å². The van der Waals surface area contributed by atoms with Crippen molar-refractivity contribution in [2.75, 3.05) is 0 Å². The molecule has 0 unspecified atom stereocenters. The van der Waals surface area contributed by atoms with Crippen LogP contribution in [0.25, 0.3) is 155 Å². The predicted molar refractivity (Wildman–Crippen MR) is 351 cm³/mol. The third kappa shape index (κ3) is 8.10. The van der Waals surface area contributed by atoms with Crippen LogP contribution in [-0.2, 0) is 0 Å². The Kier molecular flexibility index (Phi) is 11.8. The maximum absolute atomic E-state index is 10.6. The fraction of sp³-hybridized carbons (Fsp3) is 0. The van der Waals surface area contributed by atoms with Crippen molar-refractivity contribution in [2.45, 2.75) is 0 Å². The minimum atomic E-state index is 0.237. The summed E-state index contributed by atoms with van der Waals surface area (Å²) in [5.74, 6) is 1.59. The first-order chi connectivity index (χ1) is 43.0. The van der Waals surface area contributed by atoms with Gasteiger partial charge in [-0.15, -0.1) is 0 Å². The number of nitriles is 2. The molecular weight excluding hydrogens is 1060 g/mol. The summed E-state index contributed by atoms with van der Waals surface area (Å²) in [7, 11) is 0. The van der Waals surface area contributed by atoms with Crippen molar-refractivity contribution in [1.29, 1.82) is 10.5 Å². The topological polar surface area (TPSA) is 105 Å². The molecule has 0 saturated heterocycles. The van der Waals surface area contributed by atoms with Gasteiger partial charge in [0.25, 0.3) is 0 Å². The summed E-state index contributed by atoms with van der Waals surface area (Å²) in [6.45, 7) is 8.29. The van der Waals surface area contributed by atoms with Crippen molar-refractivity contribution in [2.24, 2.45) is 0 Å². The number of hydrogen-bond acceptors (Lipinski definition) is 5. The molecule has 87 heavy (non-hydrogen) atoms. The molecule has 0 aliphatic carbocycles. The highest BCUT2D eigenvalue weighted by atomic mass is 15.0. The molecule has 0 bridgehead atoms. The smallest absolute Gasteiger partial charge is 0.197 e. The van der Waals surface area contributed by atoms with Crippen LogP contribution in [0, 0.1) is 29.2 Å². The summed E-state index contributed by atoms with van der Waals surface area (Å²) in [5, 5.41) is 27.1. The van der Waals surface area contributed by atoms with Crippen LogP contribution in [0.3, 0.4) is 0 Å². The van der Waals surface area contributed by atoms with Gasteiger partial charge < -0.3 is 13.7 Å². The number of benzene rings is 12. The van der Waals surface area contributed by atoms with Crippen molar-refractivity contribution in [3.63, 3.8) is 0 Å². The third-order valence-electron chi connectivity index (χ3n) is 16.8. The van der Waals surface area contributed by atoms with Gasteiger partial charge in [0.05, 0.1) is 74.4 Å². The van der Waals surface area contributed by atoms with Crippen molar-refractivity contribution in [3.8, 4) is 96.7 Å². The largest absolute Gasteiger partial charge is 0.309 e. The molecule has 9 nitrogen and oxygen atoms in total. The van der Waals surface area contributed by atoms with E-state index >= 15 is 0 Å². The van der Waals surface area contributed by atoms with E-state index in [1.807, 2.05) is 66.7 Å². The maximum Gasteiger partial charge on any atom is 0.197 e. The van der Waals surface area contributed by atoms with Gasteiger partial charge in [-0.05, 0) is 84.4 Å². The quantitative estimate of drug-likeness (QED) is 0.134. The zero-order valence-corrected chi connectivity index (χ0v) is 46.5. The number of hydrogen-bond donors (Lipinski definition) is 0. The predicted octanol–water partition coefficient (Wildman–Crippen LogP) is 19.5. The average molecular weight is 1110 g/mol. The lowest BCUT2D eigenvalue weighted by atomic mass is 9.90. The summed E-state index contributed by atoms with van der Waals surface area (Å²) in [4.78, 5) is 20.0. The zero-order valence-electron chi connectivity index (χ0n) is 46.5. The lowest BCUT2D eigenvalue weighted by Crippen LogP contribution is -2.07. The highest BCUT2D eigenvalue weighted by Crippen LogP contribution is 2.49. The van der Waals surface area contributed by atoms with Gasteiger partial charge in [-0.25, -0.2) is 19.8 Å². The van der Waals surface area contributed by atoms with E-state index < -0.39 is 0 Å². The molecule has 0 aliphatic rings. The van der Waals surface area contributed by atoms with E-state index in [0.717, 1.165) is 121 Å². The average Bonchev–Trinajstić information content (AvgIpc) is 1.85. The van der Waals surface area contributed by atoms with E-state index in [1.165, 1.54) is 0 Å². The molecule has 0 atom stereocenters. The van der Waals surface area contributed by atoms with Gasteiger partial charge in [-0.2, -0.15) is 10.5 Å². The molecule has 0 saturated carbocycles. The van der Waals surface area contributed by atoms with Crippen LogP contribution < -0.4 is 0 Å². The molecule has 402 valence electrons. The van der Waals surface area contributed by atoms with E-state index in [9.17, 15) is 10.5 Å². The Labute approximate surface area is 499 Å². The number of nitrogens with zero attached hydrogens (tertiary/aromatic N) is 9. The van der Waals surface area contributed by atoms with Crippen molar-refractivity contribution >= 4 is 71.1 Å². The summed E-state index contributed by atoms with van der Waals surface area (Å²) in [6, 6.07) is 98.8. The Morgan fingerprint density at radius 1 is 0.322 bits per heavy atom. The first kappa shape index (κ1) is 50.3. The number of para-hydroxylation sites is 7. The highest BCUT2D eigenvalue weighted by Gasteiger charge is 2.28. The Morgan fingerprint density at radius 2 is 0.713 bits per heavy atom. The summed E-state index contributed by atoms with van der Waals surface area (Å²) >= 11 is 0.